The first-order chi connectivity index (χ1) is 17.8. The molecular formula is C26H22FN5O5. The molecule has 0 radical (unpaired) electrons. The maximum atomic E-state index is 15.3. The largest absolute Gasteiger partial charge is 0.477 e. The van der Waals surface area contributed by atoms with Gasteiger partial charge in [-0.2, -0.15) is 5.26 Å². The Labute approximate surface area is 210 Å². The molecule has 3 aliphatic rings. The van der Waals surface area contributed by atoms with Crippen LogP contribution in [0.3, 0.4) is 0 Å². The van der Waals surface area contributed by atoms with E-state index in [-0.39, 0.29) is 29.4 Å². The molecule has 2 aromatic heterocycles. The van der Waals surface area contributed by atoms with Gasteiger partial charge >= 0.3 is 12.1 Å². The Bertz CT molecular complexity index is 1570. The molecule has 11 heteroatoms. The van der Waals surface area contributed by atoms with Crippen molar-refractivity contribution >= 4 is 34.6 Å². The number of carboxylic acids is 1. The topological polar surface area (TPSA) is 129 Å². The molecule has 1 unspecified atom stereocenters. The van der Waals surface area contributed by atoms with Crippen LogP contribution in [0.15, 0.2) is 35.3 Å². The average Bonchev–Trinajstić information content (AvgIpc) is 3.68. The number of aromatic carboxylic acids is 1. The summed E-state index contributed by atoms with van der Waals surface area (Å²) in [5.74, 6) is -1.90. The molecule has 37 heavy (non-hydrogen) atoms. The van der Waals surface area contributed by atoms with Crippen molar-refractivity contribution in [3.63, 3.8) is 0 Å². The summed E-state index contributed by atoms with van der Waals surface area (Å²) in [6.45, 7) is 1.11. The van der Waals surface area contributed by atoms with Crippen molar-refractivity contribution in [3.05, 3.63) is 63.2 Å². The Kier molecular flexibility index (Phi) is 5.33. The SMILES string of the molecule is N#CC1CN(c2ccc3c(c2)CCN(c2nc4c(cc2F)c(=O)c(C(=O)O)cn4C2CC2)CC3)C(=O)O1. The lowest BCUT2D eigenvalue weighted by Gasteiger charge is -2.23. The van der Waals surface area contributed by atoms with Crippen LogP contribution >= 0.6 is 0 Å². The smallest absolute Gasteiger partial charge is 0.415 e. The molecule has 6 rings (SSSR count). The van der Waals surface area contributed by atoms with E-state index in [0.29, 0.717) is 31.6 Å². The molecule has 1 aliphatic carbocycles. The number of amides is 1. The van der Waals surface area contributed by atoms with Crippen LogP contribution < -0.4 is 15.2 Å². The fraction of sp³-hybridized carbons (Fsp3) is 0.346. The van der Waals surface area contributed by atoms with E-state index in [1.807, 2.05) is 29.2 Å². The number of aromatic nitrogens is 2. The number of rotatable bonds is 4. The van der Waals surface area contributed by atoms with Crippen molar-refractivity contribution in [2.24, 2.45) is 0 Å². The lowest BCUT2D eigenvalue weighted by atomic mass is 10.0. The predicted octanol–water partition coefficient (Wildman–Crippen LogP) is 3.02. The number of carboxylic acid groups (broad SMARTS) is 1. The summed E-state index contributed by atoms with van der Waals surface area (Å²) >= 11 is 0. The zero-order valence-corrected chi connectivity index (χ0v) is 19.7. The van der Waals surface area contributed by atoms with Gasteiger partial charge < -0.3 is 19.3 Å². The molecular weight excluding hydrogens is 481 g/mol. The van der Waals surface area contributed by atoms with Crippen LogP contribution in [0.2, 0.25) is 0 Å². The summed E-state index contributed by atoms with van der Waals surface area (Å²) < 4.78 is 22.1. The van der Waals surface area contributed by atoms with Crippen LogP contribution in [0, 0.1) is 17.1 Å². The average molecular weight is 503 g/mol. The molecule has 0 bridgehead atoms. The van der Waals surface area contributed by atoms with Crippen molar-refractivity contribution in [2.75, 3.05) is 29.4 Å². The third kappa shape index (κ3) is 3.94. The Morgan fingerprint density at radius 2 is 1.92 bits per heavy atom. The third-order valence-corrected chi connectivity index (χ3v) is 7.17. The van der Waals surface area contributed by atoms with Crippen LogP contribution in [0.1, 0.15) is 40.4 Å². The summed E-state index contributed by atoms with van der Waals surface area (Å²) in [7, 11) is 0. The number of pyridine rings is 2. The molecule has 3 aromatic rings. The minimum absolute atomic E-state index is 0.0380. The molecule has 10 nitrogen and oxygen atoms in total. The Balaban J connectivity index is 1.32. The second kappa shape index (κ2) is 8.58. The number of hydrogen-bond acceptors (Lipinski definition) is 7. The van der Waals surface area contributed by atoms with Gasteiger partial charge in [0.2, 0.25) is 11.5 Å². The summed E-state index contributed by atoms with van der Waals surface area (Å²) in [5.41, 5.74) is 1.88. The lowest BCUT2D eigenvalue weighted by molar-refractivity contribution is 0.0694. The van der Waals surface area contributed by atoms with Crippen LogP contribution in [0.25, 0.3) is 11.0 Å². The second-order valence-corrected chi connectivity index (χ2v) is 9.53. The maximum Gasteiger partial charge on any atom is 0.415 e. The maximum absolute atomic E-state index is 15.3. The minimum Gasteiger partial charge on any atom is -0.477 e. The highest BCUT2D eigenvalue weighted by Gasteiger charge is 2.33. The quantitative estimate of drug-likeness (QED) is 0.575. The normalized spacial score (nSPS) is 19.4. The van der Waals surface area contributed by atoms with Crippen molar-refractivity contribution in [1.29, 1.82) is 5.26 Å². The molecule has 1 N–H and O–H groups in total. The highest BCUT2D eigenvalue weighted by atomic mass is 19.1. The Hall–Kier alpha value is -4.46. The molecule has 1 saturated heterocycles. The summed E-state index contributed by atoms with van der Waals surface area (Å²) in [6, 6.07) is 8.75. The Morgan fingerprint density at radius 3 is 2.59 bits per heavy atom. The van der Waals surface area contributed by atoms with E-state index < -0.39 is 35.0 Å². The molecule has 2 fully saturated rings. The van der Waals surface area contributed by atoms with Gasteiger partial charge in [0.05, 0.1) is 11.9 Å². The van der Waals surface area contributed by atoms with Crippen LogP contribution in [0.4, 0.5) is 20.7 Å². The highest BCUT2D eigenvalue weighted by Crippen LogP contribution is 2.37. The number of hydrogen-bond donors (Lipinski definition) is 1. The number of anilines is 2. The number of cyclic esters (lactones) is 1. The standard InChI is InChI=1S/C26H22FN5O5/c27-21-10-19-22(33)20(25(34)35)13-31(16-3-4-16)23(19)29-24(21)30-7-5-14-1-2-17(9-15(14)6-8-30)32-12-18(11-28)37-26(32)36/h1-2,9-10,13,16,18H,3-8,12H2,(H,34,35). The first-order valence-corrected chi connectivity index (χ1v) is 12.1. The number of benzene rings is 1. The highest BCUT2D eigenvalue weighted by molar-refractivity contribution is 5.92. The van der Waals surface area contributed by atoms with Gasteiger partial charge in [0, 0.05) is 31.0 Å². The Morgan fingerprint density at radius 1 is 1.16 bits per heavy atom. The van der Waals surface area contributed by atoms with E-state index in [9.17, 15) is 19.5 Å². The fourth-order valence-electron chi connectivity index (χ4n) is 5.07. The predicted molar refractivity (Wildman–Crippen MR) is 130 cm³/mol. The van der Waals surface area contributed by atoms with Gasteiger partial charge in [-0.3, -0.25) is 9.69 Å². The van der Waals surface area contributed by atoms with Crippen LogP contribution in [0.5, 0.6) is 0 Å². The minimum atomic E-state index is -1.35. The summed E-state index contributed by atoms with van der Waals surface area (Å²) in [4.78, 5) is 44.3. The van der Waals surface area contributed by atoms with Crippen molar-refractivity contribution in [1.82, 2.24) is 9.55 Å². The first kappa shape index (κ1) is 23.0. The summed E-state index contributed by atoms with van der Waals surface area (Å²) in [6.07, 6.45) is 2.83. The first-order valence-electron chi connectivity index (χ1n) is 12.1. The molecule has 0 spiro atoms. The number of fused-ring (bicyclic) bond motifs is 2. The van der Waals surface area contributed by atoms with Crippen molar-refractivity contribution in [2.45, 2.75) is 37.8 Å². The zero-order valence-electron chi connectivity index (χ0n) is 19.7. The van der Waals surface area contributed by atoms with Gasteiger partial charge in [-0.1, -0.05) is 6.07 Å². The van der Waals surface area contributed by atoms with E-state index in [1.165, 1.54) is 11.1 Å². The van der Waals surface area contributed by atoms with Gasteiger partial charge in [-0.15, -0.1) is 0 Å². The third-order valence-electron chi connectivity index (χ3n) is 7.17. The molecule has 1 saturated carbocycles. The molecule has 1 atom stereocenters. The number of carbonyl (C=O) groups is 2. The number of nitriles is 1. The second-order valence-electron chi connectivity index (χ2n) is 9.53. The van der Waals surface area contributed by atoms with E-state index in [0.717, 1.165) is 30.0 Å². The van der Waals surface area contributed by atoms with E-state index in [2.05, 4.69) is 4.98 Å². The molecule has 1 aromatic carbocycles. The lowest BCUT2D eigenvalue weighted by Crippen LogP contribution is -2.29. The van der Waals surface area contributed by atoms with Crippen molar-refractivity contribution in [3.8, 4) is 6.07 Å². The number of halogens is 1. The van der Waals surface area contributed by atoms with E-state index >= 15 is 4.39 Å². The van der Waals surface area contributed by atoms with E-state index in [1.54, 1.807) is 4.57 Å². The number of ether oxygens (including phenoxy) is 1. The van der Waals surface area contributed by atoms with Gasteiger partial charge in [-0.05, 0) is 55.0 Å². The zero-order chi connectivity index (χ0) is 25.8. The molecule has 1 amide bonds. The van der Waals surface area contributed by atoms with Crippen LogP contribution in [-0.4, -0.2) is 52.5 Å². The van der Waals surface area contributed by atoms with E-state index in [4.69, 9.17) is 10.00 Å². The fourth-order valence-corrected chi connectivity index (χ4v) is 5.07. The number of carbonyl (C=O) groups excluding carboxylic acids is 1. The molecule has 188 valence electrons. The van der Waals surface area contributed by atoms with Crippen molar-refractivity contribution < 1.29 is 23.8 Å². The molecule has 4 heterocycles. The van der Waals surface area contributed by atoms with Gasteiger partial charge in [0.25, 0.3) is 0 Å². The van der Waals surface area contributed by atoms with Gasteiger partial charge in [0.15, 0.2) is 11.6 Å². The van der Waals surface area contributed by atoms with Gasteiger partial charge in [0.1, 0.15) is 17.3 Å². The monoisotopic (exact) mass is 503 g/mol. The number of nitrogens with zero attached hydrogens (tertiary/aromatic N) is 5. The summed E-state index contributed by atoms with van der Waals surface area (Å²) in [5, 5.41) is 18.5. The van der Waals surface area contributed by atoms with Crippen LogP contribution in [-0.2, 0) is 17.6 Å². The van der Waals surface area contributed by atoms with Gasteiger partial charge in [-0.25, -0.2) is 19.0 Å². The molecule has 2 aliphatic heterocycles.